The van der Waals surface area contributed by atoms with E-state index >= 15 is 0 Å². The Morgan fingerprint density at radius 3 is 2.52 bits per heavy atom. The fraction of sp³-hybridized carbons (Fsp3) is 0.850. The Bertz CT molecular complexity index is 571. The zero-order valence-electron chi connectivity index (χ0n) is 18.6. The predicted molar refractivity (Wildman–Crippen MR) is 129 cm³/mol. The normalized spacial score (nSPS) is 16.5. The molecule has 0 radical (unpaired) electrons. The van der Waals surface area contributed by atoms with Gasteiger partial charge in [0, 0.05) is 45.2 Å². The van der Waals surface area contributed by atoms with Crippen LogP contribution >= 0.6 is 24.0 Å². The van der Waals surface area contributed by atoms with Crippen molar-refractivity contribution in [3.63, 3.8) is 0 Å². The third-order valence-corrected chi connectivity index (χ3v) is 5.55. The standard InChI is InChI=1S/C20H39N7O.HI/c1-5-17(6-2)18(26-11-13-28-14-12-26)15-23-20(21-8-4)22-9-10-27-16-24-25-19(27)7-3;/h16-18H,5-15H2,1-4H3,(H2,21,22,23);1H. The number of aryl methyl sites for hydroxylation is 1. The molecule has 8 nitrogen and oxygen atoms in total. The van der Waals surface area contributed by atoms with Gasteiger partial charge in [-0.05, 0) is 12.8 Å². The summed E-state index contributed by atoms with van der Waals surface area (Å²) in [7, 11) is 0. The maximum atomic E-state index is 5.55. The van der Waals surface area contributed by atoms with E-state index in [2.05, 4.69) is 58.0 Å². The predicted octanol–water partition coefficient (Wildman–Crippen LogP) is 2.15. The molecule has 1 saturated heterocycles. The van der Waals surface area contributed by atoms with Crippen LogP contribution in [0.2, 0.25) is 0 Å². The van der Waals surface area contributed by atoms with Crippen molar-refractivity contribution in [2.24, 2.45) is 10.9 Å². The van der Waals surface area contributed by atoms with Gasteiger partial charge in [0.2, 0.25) is 0 Å². The molecule has 1 unspecified atom stereocenters. The van der Waals surface area contributed by atoms with Crippen molar-refractivity contribution in [3.05, 3.63) is 12.2 Å². The number of aromatic nitrogens is 3. The molecule has 1 atom stereocenters. The van der Waals surface area contributed by atoms with E-state index in [-0.39, 0.29) is 24.0 Å². The highest BCUT2D eigenvalue weighted by Gasteiger charge is 2.26. The van der Waals surface area contributed by atoms with Crippen LogP contribution in [-0.4, -0.2) is 77.6 Å². The molecular weight excluding hydrogens is 481 g/mol. The second-order valence-corrected chi connectivity index (χ2v) is 7.23. The Morgan fingerprint density at radius 2 is 1.90 bits per heavy atom. The van der Waals surface area contributed by atoms with Gasteiger partial charge < -0.3 is 19.9 Å². The number of halogens is 1. The molecule has 0 aliphatic carbocycles. The molecule has 2 rings (SSSR count). The maximum absolute atomic E-state index is 5.55. The van der Waals surface area contributed by atoms with E-state index in [0.29, 0.717) is 12.0 Å². The van der Waals surface area contributed by atoms with Gasteiger partial charge in [-0.3, -0.25) is 9.89 Å². The number of ether oxygens (including phenoxy) is 1. The van der Waals surface area contributed by atoms with Crippen molar-refractivity contribution in [2.45, 2.75) is 59.5 Å². The first-order valence-electron chi connectivity index (χ1n) is 10.9. The third-order valence-electron chi connectivity index (χ3n) is 5.55. The van der Waals surface area contributed by atoms with E-state index in [9.17, 15) is 0 Å². The first-order valence-corrected chi connectivity index (χ1v) is 10.9. The van der Waals surface area contributed by atoms with Crippen LogP contribution in [0.4, 0.5) is 0 Å². The second-order valence-electron chi connectivity index (χ2n) is 7.23. The van der Waals surface area contributed by atoms with Crippen molar-refractivity contribution in [2.75, 3.05) is 45.9 Å². The summed E-state index contributed by atoms with van der Waals surface area (Å²) >= 11 is 0. The van der Waals surface area contributed by atoms with E-state index in [1.165, 1.54) is 12.8 Å². The van der Waals surface area contributed by atoms with Crippen molar-refractivity contribution < 1.29 is 4.74 Å². The molecule has 0 spiro atoms. The smallest absolute Gasteiger partial charge is 0.191 e. The van der Waals surface area contributed by atoms with Gasteiger partial charge in [0.1, 0.15) is 12.2 Å². The number of hydrogen-bond donors (Lipinski definition) is 2. The van der Waals surface area contributed by atoms with Gasteiger partial charge in [-0.2, -0.15) is 0 Å². The molecule has 0 aromatic carbocycles. The van der Waals surface area contributed by atoms with E-state index in [1.807, 2.05) is 0 Å². The summed E-state index contributed by atoms with van der Waals surface area (Å²) in [5, 5.41) is 15.0. The minimum atomic E-state index is 0. The Balaban J connectivity index is 0.00000420. The van der Waals surface area contributed by atoms with Crippen molar-refractivity contribution in [1.29, 1.82) is 0 Å². The van der Waals surface area contributed by atoms with Crippen LogP contribution in [0.3, 0.4) is 0 Å². The van der Waals surface area contributed by atoms with Crippen LogP contribution < -0.4 is 10.6 Å². The largest absolute Gasteiger partial charge is 0.379 e. The average Bonchev–Trinajstić information content (AvgIpc) is 3.19. The van der Waals surface area contributed by atoms with E-state index < -0.39 is 0 Å². The van der Waals surface area contributed by atoms with Gasteiger partial charge in [0.25, 0.3) is 0 Å². The fourth-order valence-corrected chi connectivity index (χ4v) is 3.87. The van der Waals surface area contributed by atoms with Crippen LogP contribution in [0.15, 0.2) is 11.3 Å². The summed E-state index contributed by atoms with van der Waals surface area (Å²) < 4.78 is 7.65. The molecular formula is C20H40IN7O. The van der Waals surface area contributed by atoms with Gasteiger partial charge in [-0.25, -0.2) is 0 Å². The molecule has 0 saturated carbocycles. The lowest BCUT2D eigenvalue weighted by Crippen LogP contribution is -2.49. The Labute approximate surface area is 193 Å². The molecule has 0 amide bonds. The molecule has 1 aliphatic heterocycles. The first-order chi connectivity index (χ1) is 13.7. The minimum Gasteiger partial charge on any atom is -0.379 e. The van der Waals surface area contributed by atoms with Crippen LogP contribution in [0, 0.1) is 5.92 Å². The SMILES string of the molecule is CCNC(=NCC(C(CC)CC)N1CCOCC1)NCCn1cnnc1CC.I. The minimum absolute atomic E-state index is 0. The van der Waals surface area contributed by atoms with Gasteiger partial charge in [0.05, 0.1) is 19.8 Å². The zero-order chi connectivity index (χ0) is 20.2. The molecule has 2 heterocycles. The van der Waals surface area contributed by atoms with E-state index in [0.717, 1.165) is 70.7 Å². The lowest BCUT2D eigenvalue weighted by atomic mass is 9.92. The lowest BCUT2D eigenvalue weighted by Gasteiger charge is -2.38. The highest BCUT2D eigenvalue weighted by Crippen LogP contribution is 2.20. The number of rotatable bonds is 11. The number of morpholine rings is 1. The molecule has 0 bridgehead atoms. The van der Waals surface area contributed by atoms with Crippen molar-refractivity contribution >= 4 is 29.9 Å². The number of aliphatic imine (C=N–C) groups is 1. The summed E-state index contributed by atoms with van der Waals surface area (Å²) in [5.74, 6) is 2.57. The summed E-state index contributed by atoms with van der Waals surface area (Å²) in [6, 6.07) is 0.471. The number of hydrogen-bond acceptors (Lipinski definition) is 5. The van der Waals surface area contributed by atoms with Crippen LogP contribution in [-0.2, 0) is 17.7 Å². The van der Waals surface area contributed by atoms with Gasteiger partial charge >= 0.3 is 0 Å². The Morgan fingerprint density at radius 1 is 1.17 bits per heavy atom. The Hall–Kier alpha value is -0.940. The van der Waals surface area contributed by atoms with Crippen LogP contribution in [0.1, 0.15) is 46.4 Å². The number of guanidine groups is 1. The summed E-state index contributed by atoms with van der Waals surface area (Å²) in [4.78, 5) is 7.51. The number of nitrogens with zero attached hydrogens (tertiary/aromatic N) is 5. The molecule has 1 aliphatic rings. The average molecular weight is 521 g/mol. The van der Waals surface area contributed by atoms with Gasteiger partial charge in [0.15, 0.2) is 5.96 Å². The summed E-state index contributed by atoms with van der Waals surface area (Å²) in [6.07, 6.45) is 5.06. The molecule has 2 N–H and O–H groups in total. The maximum Gasteiger partial charge on any atom is 0.191 e. The monoisotopic (exact) mass is 521 g/mol. The lowest BCUT2D eigenvalue weighted by molar-refractivity contribution is 0.00395. The first kappa shape index (κ1) is 26.1. The topological polar surface area (TPSA) is 79.6 Å². The molecule has 168 valence electrons. The van der Waals surface area contributed by atoms with E-state index in [4.69, 9.17) is 9.73 Å². The van der Waals surface area contributed by atoms with E-state index in [1.54, 1.807) is 6.33 Å². The molecule has 1 fully saturated rings. The summed E-state index contributed by atoms with van der Waals surface area (Å²) in [5.41, 5.74) is 0. The van der Waals surface area contributed by atoms with Gasteiger partial charge in [-0.1, -0.05) is 33.6 Å². The Kier molecular flexibility index (Phi) is 13.5. The summed E-state index contributed by atoms with van der Waals surface area (Å²) in [6.45, 7) is 15.8. The quantitative estimate of drug-likeness (QED) is 0.264. The molecule has 1 aromatic heterocycles. The fourth-order valence-electron chi connectivity index (χ4n) is 3.87. The van der Waals surface area contributed by atoms with Crippen LogP contribution in [0.5, 0.6) is 0 Å². The van der Waals surface area contributed by atoms with Crippen molar-refractivity contribution in [1.82, 2.24) is 30.3 Å². The number of nitrogens with one attached hydrogen (secondary N) is 2. The molecule has 1 aromatic rings. The molecule has 9 heteroatoms. The highest BCUT2D eigenvalue weighted by atomic mass is 127. The zero-order valence-corrected chi connectivity index (χ0v) is 20.9. The van der Waals surface area contributed by atoms with Gasteiger partial charge in [-0.15, -0.1) is 34.2 Å². The highest BCUT2D eigenvalue weighted by molar-refractivity contribution is 14.0. The van der Waals surface area contributed by atoms with Crippen LogP contribution in [0.25, 0.3) is 0 Å². The second kappa shape index (κ2) is 15.0. The third kappa shape index (κ3) is 8.37. The molecule has 29 heavy (non-hydrogen) atoms. The van der Waals surface area contributed by atoms with Crippen molar-refractivity contribution in [3.8, 4) is 0 Å².